The Morgan fingerprint density at radius 3 is 2.62 bits per heavy atom. The minimum absolute atomic E-state index is 0.0574. The predicted octanol–water partition coefficient (Wildman–Crippen LogP) is 4.91. The van der Waals surface area contributed by atoms with E-state index in [1.165, 1.54) is 16.5 Å². The average molecular weight is 350 g/mol. The largest absolute Gasteiger partial charge is 0.445 e. The molecule has 0 aliphatic heterocycles. The second-order valence-corrected chi connectivity index (χ2v) is 6.60. The van der Waals surface area contributed by atoms with Gasteiger partial charge in [0.15, 0.2) is 0 Å². The molecule has 0 bridgehead atoms. The van der Waals surface area contributed by atoms with Crippen LogP contribution in [-0.2, 0) is 24.3 Å². The van der Waals surface area contributed by atoms with E-state index >= 15 is 0 Å². The van der Waals surface area contributed by atoms with Crippen LogP contribution >= 0.6 is 0 Å². The summed E-state index contributed by atoms with van der Waals surface area (Å²) in [5.41, 5.74) is 3.59. The van der Waals surface area contributed by atoms with E-state index in [1.807, 2.05) is 37.3 Å². The van der Waals surface area contributed by atoms with Crippen molar-refractivity contribution < 1.29 is 9.53 Å². The highest BCUT2D eigenvalue weighted by molar-refractivity contribution is 5.84. The van der Waals surface area contributed by atoms with Gasteiger partial charge in [0.25, 0.3) is 0 Å². The van der Waals surface area contributed by atoms with Crippen molar-refractivity contribution in [3.63, 3.8) is 0 Å². The van der Waals surface area contributed by atoms with Crippen molar-refractivity contribution in [1.29, 1.82) is 0 Å². The highest BCUT2D eigenvalue weighted by atomic mass is 16.5. The molecule has 1 atom stereocenters. The number of fused-ring (bicyclic) bond motifs is 1. The maximum absolute atomic E-state index is 12.0. The highest BCUT2D eigenvalue weighted by Crippen LogP contribution is 2.22. The molecule has 2 aromatic carbocycles. The molecule has 4 nitrogen and oxygen atoms in total. The Balaban J connectivity index is 1.51. The number of hydrogen-bond acceptors (Lipinski definition) is 2. The molecule has 1 N–H and O–H groups in total. The summed E-state index contributed by atoms with van der Waals surface area (Å²) < 4.78 is 7.56. The van der Waals surface area contributed by atoms with Crippen molar-refractivity contribution in [2.45, 2.75) is 45.9 Å². The van der Waals surface area contributed by atoms with Crippen molar-refractivity contribution in [3.05, 3.63) is 71.9 Å². The Morgan fingerprint density at radius 2 is 1.85 bits per heavy atom. The van der Waals surface area contributed by atoms with Crippen LogP contribution in [0.3, 0.4) is 0 Å². The fourth-order valence-electron chi connectivity index (χ4n) is 3.19. The van der Waals surface area contributed by atoms with Gasteiger partial charge in [0.05, 0.1) is 0 Å². The van der Waals surface area contributed by atoms with Crippen LogP contribution in [0.25, 0.3) is 10.9 Å². The highest BCUT2D eigenvalue weighted by Gasteiger charge is 2.11. The van der Waals surface area contributed by atoms with Gasteiger partial charge in [-0.25, -0.2) is 4.79 Å². The number of nitrogens with zero attached hydrogens (tertiary/aromatic N) is 1. The lowest BCUT2D eigenvalue weighted by Gasteiger charge is -2.14. The quantitative estimate of drug-likeness (QED) is 0.658. The summed E-state index contributed by atoms with van der Waals surface area (Å²) in [6.07, 6.45) is 3.66. The molecular formula is C22H26N2O2. The zero-order valence-corrected chi connectivity index (χ0v) is 15.4. The molecule has 1 aromatic heterocycles. The number of benzene rings is 2. The first-order chi connectivity index (χ1) is 12.7. The molecule has 0 radical (unpaired) electrons. The fourth-order valence-corrected chi connectivity index (χ4v) is 3.19. The van der Waals surface area contributed by atoms with Crippen molar-refractivity contribution in [2.24, 2.45) is 0 Å². The second kappa shape index (κ2) is 8.56. The lowest BCUT2D eigenvalue weighted by molar-refractivity contribution is 0.136. The first-order valence-electron chi connectivity index (χ1n) is 9.21. The minimum Gasteiger partial charge on any atom is -0.445 e. The Bertz CT molecular complexity index is 855. The molecule has 3 rings (SSSR count). The minimum atomic E-state index is -0.364. The van der Waals surface area contributed by atoms with E-state index in [0.29, 0.717) is 6.61 Å². The van der Waals surface area contributed by atoms with Gasteiger partial charge in [-0.2, -0.15) is 0 Å². The van der Waals surface area contributed by atoms with Crippen LogP contribution in [0.4, 0.5) is 4.79 Å². The number of para-hydroxylation sites is 1. The summed E-state index contributed by atoms with van der Waals surface area (Å²) in [5, 5.41) is 4.22. The van der Waals surface area contributed by atoms with E-state index in [0.717, 1.165) is 24.9 Å². The third-order valence-electron chi connectivity index (χ3n) is 4.64. The van der Waals surface area contributed by atoms with Gasteiger partial charge < -0.3 is 14.6 Å². The second-order valence-electron chi connectivity index (χ2n) is 6.60. The molecule has 0 aliphatic rings. The number of alkyl carbamates (subject to hydrolysis) is 1. The molecule has 26 heavy (non-hydrogen) atoms. The van der Waals surface area contributed by atoms with Crippen LogP contribution in [0.5, 0.6) is 0 Å². The van der Waals surface area contributed by atoms with Crippen LogP contribution < -0.4 is 5.32 Å². The van der Waals surface area contributed by atoms with Gasteiger partial charge in [-0.3, -0.25) is 0 Å². The predicted molar refractivity (Wildman–Crippen MR) is 105 cm³/mol. The molecule has 1 heterocycles. The van der Waals surface area contributed by atoms with Crippen LogP contribution in [0.15, 0.2) is 60.8 Å². The van der Waals surface area contributed by atoms with Gasteiger partial charge in [0.2, 0.25) is 0 Å². The Hall–Kier alpha value is -2.75. The first kappa shape index (κ1) is 18.1. The summed E-state index contributed by atoms with van der Waals surface area (Å²) in [6.45, 7) is 5.43. The Labute approximate surface area is 154 Å². The summed E-state index contributed by atoms with van der Waals surface area (Å²) in [4.78, 5) is 12.0. The normalized spacial score (nSPS) is 12.1. The molecule has 0 spiro atoms. The maximum atomic E-state index is 12.0. The molecule has 136 valence electrons. The topological polar surface area (TPSA) is 43.3 Å². The summed E-state index contributed by atoms with van der Waals surface area (Å²) in [5.74, 6) is 0. The summed E-state index contributed by atoms with van der Waals surface area (Å²) in [6, 6.07) is 18.2. The molecule has 0 saturated heterocycles. The average Bonchev–Trinajstić information content (AvgIpc) is 3.03. The molecule has 4 heteroatoms. The zero-order valence-electron chi connectivity index (χ0n) is 15.4. The van der Waals surface area contributed by atoms with E-state index in [2.05, 4.69) is 47.3 Å². The first-order valence-corrected chi connectivity index (χ1v) is 9.21. The van der Waals surface area contributed by atoms with Gasteiger partial charge in [-0.05, 0) is 43.9 Å². The molecule has 1 unspecified atom stereocenters. The van der Waals surface area contributed by atoms with Crippen molar-refractivity contribution in [1.82, 2.24) is 9.88 Å². The number of rotatable bonds is 7. The third-order valence-corrected chi connectivity index (χ3v) is 4.64. The van der Waals surface area contributed by atoms with Crippen LogP contribution in [0.2, 0.25) is 0 Å². The maximum Gasteiger partial charge on any atom is 0.407 e. The van der Waals surface area contributed by atoms with Gasteiger partial charge >= 0.3 is 6.09 Å². The number of ether oxygens (including phenoxy) is 1. The number of hydrogen-bond donors (Lipinski definition) is 1. The van der Waals surface area contributed by atoms with E-state index in [1.54, 1.807) is 0 Å². The van der Waals surface area contributed by atoms with Gasteiger partial charge in [0, 0.05) is 29.7 Å². The van der Waals surface area contributed by atoms with E-state index < -0.39 is 0 Å². The number of carbonyl (C=O) groups excluding carboxylic acids is 1. The van der Waals surface area contributed by atoms with E-state index in [9.17, 15) is 4.79 Å². The van der Waals surface area contributed by atoms with Gasteiger partial charge in [-0.15, -0.1) is 0 Å². The molecule has 3 aromatic rings. The molecule has 1 amide bonds. The number of nitrogens with one attached hydrogen (secondary N) is 1. The SMILES string of the molecule is CCn1cc(CCC(C)NC(=O)OCc2ccccc2)c2ccccc21. The summed E-state index contributed by atoms with van der Waals surface area (Å²) >= 11 is 0. The van der Waals surface area contributed by atoms with Crippen LogP contribution in [0.1, 0.15) is 31.4 Å². The van der Waals surface area contributed by atoms with Crippen molar-refractivity contribution in [3.8, 4) is 0 Å². The van der Waals surface area contributed by atoms with E-state index in [4.69, 9.17) is 4.74 Å². The molecular weight excluding hydrogens is 324 g/mol. The number of carbonyl (C=O) groups is 1. The Kier molecular flexibility index (Phi) is 5.95. The van der Waals surface area contributed by atoms with Crippen molar-refractivity contribution in [2.75, 3.05) is 0 Å². The number of aromatic nitrogens is 1. The number of aryl methyl sites for hydroxylation is 2. The monoisotopic (exact) mass is 350 g/mol. The summed E-state index contributed by atoms with van der Waals surface area (Å²) in [7, 11) is 0. The molecule has 0 aliphatic carbocycles. The van der Waals surface area contributed by atoms with Crippen LogP contribution in [-0.4, -0.2) is 16.7 Å². The zero-order chi connectivity index (χ0) is 18.4. The molecule has 0 fully saturated rings. The third kappa shape index (κ3) is 4.45. The van der Waals surface area contributed by atoms with Gasteiger partial charge in [-0.1, -0.05) is 48.5 Å². The molecule has 0 saturated carbocycles. The van der Waals surface area contributed by atoms with Crippen molar-refractivity contribution >= 4 is 17.0 Å². The fraction of sp³-hybridized carbons (Fsp3) is 0.318. The smallest absolute Gasteiger partial charge is 0.407 e. The lowest BCUT2D eigenvalue weighted by atomic mass is 10.1. The standard InChI is InChI=1S/C22H26N2O2/c1-3-24-15-19(20-11-7-8-12-21(20)24)14-13-17(2)23-22(25)26-16-18-9-5-4-6-10-18/h4-12,15,17H,3,13-14,16H2,1-2H3,(H,23,25). The van der Waals surface area contributed by atoms with E-state index in [-0.39, 0.29) is 12.1 Å². The Morgan fingerprint density at radius 1 is 1.12 bits per heavy atom. The number of amides is 1. The van der Waals surface area contributed by atoms with Crippen LogP contribution in [0, 0.1) is 0 Å². The lowest BCUT2D eigenvalue weighted by Crippen LogP contribution is -2.33. The van der Waals surface area contributed by atoms with Gasteiger partial charge in [0.1, 0.15) is 6.61 Å².